The lowest BCUT2D eigenvalue weighted by Gasteiger charge is -2.06. The summed E-state index contributed by atoms with van der Waals surface area (Å²) in [5.74, 6) is 0.638. The average Bonchev–Trinajstić information content (AvgIpc) is 2.87. The van der Waals surface area contributed by atoms with Crippen LogP contribution in [0.2, 0.25) is 0 Å². The van der Waals surface area contributed by atoms with Crippen molar-refractivity contribution in [1.82, 2.24) is 10.2 Å². The number of hydrogen-bond donors (Lipinski definition) is 1. The third kappa shape index (κ3) is 3.42. The van der Waals surface area contributed by atoms with Crippen molar-refractivity contribution in [3.8, 4) is 0 Å². The van der Waals surface area contributed by atoms with Gasteiger partial charge in [0.1, 0.15) is 5.01 Å². The molecule has 4 nitrogen and oxygen atoms in total. The van der Waals surface area contributed by atoms with Gasteiger partial charge in [0.25, 0.3) is 5.91 Å². The zero-order valence-corrected chi connectivity index (χ0v) is 13.0. The van der Waals surface area contributed by atoms with E-state index < -0.39 is 0 Å². The highest BCUT2D eigenvalue weighted by Crippen LogP contribution is 2.23. The van der Waals surface area contributed by atoms with Crippen LogP contribution >= 0.6 is 11.3 Å². The molecule has 0 radical (unpaired) electrons. The molecule has 1 amide bonds. The third-order valence-corrected chi connectivity index (χ3v) is 4.13. The Kier molecular flexibility index (Phi) is 4.49. The van der Waals surface area contributed by atoms with Crippen molar-refractivity contribution in [2.45, 2.75) is 39.5 Å². The van der Waals surface area contributed by atoms with E-state index >= 15 is 0 Å². The van der Waals surface area contributed by atoms with Crippen LogP contribution in [-0.2, 0) is 0 Å². The summed E-state index contributed by atoms with van der Waals surface area (Å²) in [4.78, 5) is 12.1. The summed E-state index contributed by atoms with van der Waals surface area (Å²) >= 11 is 1.42. The van der Waals surface area contributed by atoms with Crippen molar-refractivity contribution < 1.29 is 4.79 Å². The first kappa shape index (κ1) is 14.7. The molecule has 20 heavy (non-hydrogen) atoms. The summed E-state index contributed by atoms with van der Waals surface area (Å²) in [6, 6.07) is 7.66. The Labute approximate surface area is 123 Å². The Morgan fingerprint density at radius 3 is 2.20 bits per heavy atom. The zero-order valence-electron chi connectivity index (χ0n) is 12.2. The van der Waals surface area contributed by atoms with Crippen molar-refractivity contribution in [3.63, 3.8) is 0 Å². The molecule has 0 aliphatic heterocycles. The number of rotatable bonds is 4. The molecule has 0 aliphatic carbocycles. The number of benzene rings is 1. The fourth-order valence-corrected chi connectivity index (χ4v) is 2.45. The van der Waals surface area contributed by atoms with E-state index in [2.05, 4.69) is 43.2 Å². The monoisotopic (exact) mass is 289 g/mol. The first-order valence-electron chi connectivity index (χ1n) is 6.72. The van der Waals surface area contributed by atoms with Gasteiger partial charge in [-0.3, -0.25) is 10.1 Å². The lowest BCUT2D eigenvalue weighted by Crippen LogP contribution is -2.11. The molecule has 0 saturated heterocycles. The number of hydrogen-bond acceptors (Lipinski definition) is 4. The summed E-state index contributed by atoms with van der Waals surface area (Å²) in [5, 5.41) is 12.3. The van der Waals surface area contributed by atoms with Gasteiger partial charge >= 0.3 is 0 Å². The number of aromatic nitrogens is 2. The molecule has 0 fully saturated rings. The standard InChI is InChI=1S/C15H19N3OS/c1-9(2)11-5-7-12(8-6-11)13(19)16-15-18-17-14(20-15)10(3)4/h5-10H,1-4H3,(H,16,18,19). The summed E-state index contributed by atoms with van der Waals surface area (Å²) in [5.41, 5.74) is 1.86. The Bertz CT molecular complexity index is 587. The van der Waals surface area contributed by atoms with Crippen LogP contribution in [0.25, 0.3) is 0 Å². The molecule has 106 valence electrons. The minimum atomic E-state index is -0.147. The first-order chi connectivity index (χ1) is 9.47. The zero-order chi connectivity index (χ0) is 14.7. The molecule has 0 saturated carbocycles. The number of amides is 1. The van der Waals surface area contributed by atoms with E-state index in [-0.39, 0.29) is 5.91 Å². The van der Waals surface area contributed by atoms with Gasteiger partial charge in [-0.05, 0) is 23.6 Å². The van der Waals surface area contributed by atoms with E-state index in [1.54, 1.807) is 0 Å². The second kappa shape index (κ2) is 6.13. The molecule has 0 bridgehead atoms. The topological polar surface area (TPSA) is 54.9 Å². The quantitative estimate of drug-likeness (QED) is 0.924. The highest BCUT2D eigenvalue weighted by molar-refractivity contribution is 7.15. The van der Waals surface area contributed by atoms with Gasteiger partial charge in [0.15, 0.2) is 0 Å². The molecule has 0 aliphatic rings. The van der Waals surface area contributed by atoms with Crippen LogP contribution in [0, 0.1) is 0 Å². The fourth-order valence-electron chi connectivity index (χ4n) is 1.71. The molecular formula is C15H19N3OS. The second-order valence-corrected chi connectivity index (χ2v) is 6.34. The van der Waals surface area contributed by atoms with Gasteiger partial charge in [0.05, 0.1) is 0 Å². The van der Waals surface area contributed by atoms with Gasteiger partial charge in [-0.2, -0.15) is 0 Å². The summed E-state index contributed by atoms with van der Waals surface area (Å²) in [7, 11) is 0. The van der Waals surface area contributed by atoms with Crippen LogP contribution in [0.5, 0.6) is 0 Å². The number of carbonyl (C=O) groups is 1. The molecule has 2 aromatic rings. The van der Waals surface area contributed by atoms with Gasteiger partial charge < -0.3 is 0 Å². The van der Waals surface area contributed by atoms with E-state index in [0.29, 0.717) is 22.5 Å². The Balaban J connectivity index is 2.07. The minimum absolute atomic E-state index is 0.147. The fraction of sp³-hybridized carbons (Fsp3) is 0.400. The molecule has 0 spiro atoms. The van der Waals surface area contributed by atoms with E-state index in [0.717, 1.165) is 5.01 Å². The van der Waals surface area contributed by atoms with Gasteiger partial charge in [-0.15, -0.1) is 10.2 Å². The maximum atomic E-state index is 12.1. The highest BCUT2D eigenvalue weighted by atomic mass is 32.1. The Morgan fingerprint density at radius 2 is 1.70 bits per heavy atom. The van der Waals surface area contributed by atoms with Crippen molar-refractivity contribution >= 4 is 22.4 Å². The molecule has 0 atom stereocenters. The molecule has 2 rings (SSSR count). The molecule has 5 heteroatoms. The van der Waals surface area contributed by atoms with E-state index in [1.807, 2.05) is 24.3 Å². The number of nitrogens with one attached hydrogen (secondary N) is 1. The van der Waals surface area contributed by atoms with Gasteiger partial charge in [0.2, 0.25) is 5.13 Å². The van der Waals surface area contributed by atoms with Crippen molar-refractivity contribution in [1.29, 1.82) is 0 Å². The average molecular weight is 289 g/mol. The van der Waals surface area contributed by atoms with Crippen LogP contribution in [0.15, 0.2) is 24.3 Å². The van der Waals surface area contributed by atoms with E-state index in [9.17, 15) is 4.79 Å². The second-order valence-electron chi connectivity index (χ2n) is 5.33. The van der Waals surface area contributed by atoms with Gasteiger partial charge in [-0.25, -0.2) is 0 Å². The SMILES string of the molecule is CC(C)c1ccc(C(=O)Nc2nnc(C(C)C)s2)cc1. The largest absolute Gasteiger partial charge is 0.296 e. The van der Waals surface area contributed by atoms with Crippen molar-refractivity contribution in [3.05, 3.63) is 40.4 Å². The smallest absolute Gasteiger partial charge is 0.257 e. The summed E-state index contributed by atoms with van der Waals surface area (Å²) in [6.45, 7) is 8.36. The van der Waals surface area contributed by atoms with E-state index in [1.165, 1.54) is 16.9 Å². The van der Waals surface area contributed by atoms with Crippen LogP contribution < -0.4 is 5.32 Å². The first-order valence-corrected chi connectivity index (χ1v) is 7.53. The van der Waals surface area contributed by atoms with Crippen molar-refractivity contribution in [2.24, 2.45) is 0 Å². The molecule has 0 unspecified atom stereocenters. The van der Waals surface area contributed by atoms with Crippen molar-refractivity contribution in [2.75, 3.05) is 5.32 Å². The lowest BCUT2D eigenvalue weighted by molar-refractivity contribution is 0.102. The maximum absolute atomic E-state index is 12.1. The number of nitrogens with zero attached hydrogens (tertiary/aromatic N) is 2. The number of anilines is 1. The molecule has 1 aromatic carbocycles. The van der Waals surface area contributed by atoms with Gasteiger partial charge in [0, 0.05) is 11.5 Å². The number of carbonyl (C=O) groups excluding carboxylic acids is 1. The van der Waals surface area contributed by atoms with Crippen LogP contribution in [0.4, 0.5) is 5.13 Å². The normalized spacial score (nSPS) is 11.1. The third-order valence-electron chi connectivity index (χ3n) is 2.99. The molecule has 1 aromatic heterocycles. The molecular weight excluding hydrogens is 270 g/mol. The highest BCUT2D eigenvalue weighted by Gasteiger charge is 2.12. The lowest BCUT2D eigenvalue weighted by atomic mass is 10.0. The van der Waals surface area contributed by atoms with Crippen LogP contribution in [0.1, 0.15) is 60.5 Å². The summed E-state index contributed by atoms with van der Waals surface area (Å²) in [6.07, 6.45) is 0. The van der Waals surface area contributed by atoms with Crippen LogP contribution in [0.3, 0.4) is 0 Å². The molecule has 1 heterocycles. The maximum Gasteiger partial charge on any atom is 0.257 e. The minimum Gasteiger partial charge on any atom is -0.296 e. The van der Waals surface area contributed by atoms with E-state index in [4.69, 9.17) is 0 Å². The van der Waals surface area contributed by atoms with Gasteiger partial charge in [-0.1, -0.05) is 51.2 Å². The predicted molar refractivity (Wildman–Crippen MR) is 82.5 cm³/mol. The molecule has 1 N–H and O–H groups in total. The Hall–Kier alpha value is -1.75. The predicted octanol–water partition coefficient (Wildman–Crippen LogP) is 4.04. The summed E-state index contributed by atoms with van der Waals surface area (Å²) < 4.78 is 0. The van der Waals surface area contributed by atoms with Crippen LogP contribution in [-0.4, -0.2) is 16.1 Å². The Morgan fingerprint density at radius 1 is 1.05 bits per heavy atom.